The fourth-order valence-electron chi connectivity index (χ4n) is 3.75. The Labute approximate surface area is 157 Å². The van der Waals surface area contributed by atoms with Crippen LogP contribution in [0, 0.1) is 5.92 Å². The molecule has 0 radical (unpaired) electrons. The first kappa shape index (κ1) is 18.9. The van der Waals surface area contributed by atoms with Crippen molar-refractivity contribution in [2.75, 3.05) is 7.11 Å². The van der Waals surface area contributed by atoms with Crippen LogP contribution < -0.4 is 4.74 Å². The largest absolute Gasteiger partial charge is 0.496 e. The van der Waals surface area contributed by atoms with E-state index in [4.69, 9.17) is 18.9 Å². The summed E-state index contributed by atoms with van der Waals surface area (Å²) in [5.41, 5.74) is 0.990. The molecule has 1 fully saturated rings. The minimum absolute atomic E-state index is 0.178. The number of ether oxygens (including phenoxy) is 4. The number of methoxy groups -OCH3 is 1. The number of fused-ring (bicyclic) bond motifs is 1. The first-order chi connectivity index (χ1) is 12.9. The predicted octanol–water partition coefficient (Wildman–Crippen LogP) is 2.28. The predicted molar refractivity (Wildman–Crippen MR) is 94.7 cm³/mol. The maximum Gasteiger partial charge on any atom is 0.302 e. The summed E-state index contributed by atoms with van der Waals surface area (Å²) in [6.45, 7) is 2.61. The minimum atomic E-state index is -0.725. The van der Waals surface area contributed by atoms with Crippen LogP contribution in [0.4, 0.5) is 0 Å². The van der Waals surface area contributed by atoms with Gasteiger partial charge in [-0.05, 0) is 6.07 Å². The molecule has 1 aromatic rings. The van der Waals surface area contributed by atoms with Crippen molar-refractivity contribution in [2.45, 2.75) is 45.0 Å². The van der Waals surface area contributed by atoms with Crippen molar-refractivity contribution in [1.82, 2.24) is 0 Å². The molecule has 0 spiro atoms. The number of hydrogen-bond donors (Lipinski definition) is 0. The second-order valence-electron chi connectivity index (χ2n) is 6.65. The highest BCUT2D eigenvalue weighted by atomic mass is 16.6. The highest BCUT2D eigenvalue weighted by Crippen LogP contribution is 2.40. The third-order valence-corrected chi connectivity index (χ3v) is 4.77. The zero-order valence-corrected chi connectivity index (χ0v) is 15.5. The molecule has 1 aromatic carbocycles. The van der Waals surface area contributed by atoms with Crippen LogP contribution in [-0.2, 0) is 28.6 Å². The quantitative estimate of drug-likeness (QED) is 0.747. The van der Waals surface area contributed by atoms with E-state index in [0.717, 1.165) is 0 Å². The molecule has 3 rings (SSSR count). The summed E-state index contributed by atoms with van der Waals surface area (Å²) in [4.78, 5) is 36.1. The summed E-state index contributed by atoms with van der Waals surface area (Å²) in [5, 5.41) is 0. The molecule has 1 heterocycles. The number of hydrogen-bond acceptors (Lipinski definition) is 7. The lowest BCUT2D eigenvalue weighted by molar-refractivity contribution is -0.170. The van der Waals surface area contributed by atoms with Crippen LogP contribution in [0.1, 0.15) is 32.3 Å². The van der Waals surface area contributed by atoms with Gasteiger partial charge in [0.15, 0.2) is 5.78 Å². The Morgan fingerprint density at radius 3 is 2.44 bits per heavy atom. The van der Waals surface area contributed by atoms with Crippen LogP contribution in [0.15, 0.2) is 30.5 Å². The molecule has 4 atom stereocenters. The molecule has 1 aliphatic carbocycles. The van der Waals surface area contributed by atoms with E-state index in [2.05, 4.69) is 0 Å². The van der Waals surface area contributed by atoms with Crippen LogP contribution in [0.3, 0.4) is 0 Å². The summed E-state index contributed by atoms with van der Waals surface area (Å²) in [6, 6.07) is 7.15. The van der Waals surface area contributed by atoms with Gasteiger partial charge in [-0.2, -0.15) is 0 Å². The molecule has 27 heavy (non-hydrogen) atoms. The van der Waals surface area contributed by atoms with Crippen molar-refractivity contribution in [3.63, 3.8) is 0 Å². The molecule has 0 N–H and O–H groups in total. The van der Waals surface area contributed by atoms with Crippen LogP contribution in [0.25, 0.3) is 5.57 Å². The van der Waals surface area contributed by atoms with Gasteiger partial charge in [0.2, 0.25) is 0 Å². The Balaban J connectivity index is 1.93. The number of Topliss-reactive ketones (excluding diaryl/α,β-unsaturated/α-hetero) is 1. The highest BCUT2D eigenvalue weighted by molar-refractivity contribution is 6.23. The zero-order chi connectivity index (χ0) is 19.6. The van der Waals surface area contributed by atoms with Crippen molar-refractivity contribution in [3.8, 4) is 5.75 Å². The van der Waals surface area contributed by atoms with Crippen molar-refractivity contribution in [2.24, 2.45) is 5.92 Å². The molecular formula is C20H22O7. The van der Waals surface area contributed by atoms with Gasteiger partial charge in [-0.25, -0.2) is 0 Å². The van der Waals surface area contributed by atoms with E-state index >= 15 is 0 Å². The minimum Gasteiger partial charge on any atom is -0.496 e. The van der Waals surface area contributed by atoms with Crippen molar-refractivity contribution in [3.05, 3.63) is 36.1 Å². The molecule has 2 aliphatic rings. The van der Waals surface area contributed by atoms with Gasteiger partial charge in [-0.15, -0.1) is 0 Å². The topological polar surface area (TPSA) is 88.1 Å². The first-order valence-electron chi connectivity index (χ1n) is 8.78. The maximum absolute atomic E-state index is 13.2. The molecule has 0 bridgehead atoms. The number of esters is 2. The van der Waals surface area contributed by atoms with E-state index < -0.39 is 36.2 Å². The Morgan fingerprint density at radius 2 is 1.78 bits per heavy atom. The average molecular weight is 374 g/mol. The van der Waals surface area contributed by atoms with Gasteiger partial charge in [-0.1, -0.05) is 18.2 Å². The fraction of sp³-hybridized carbons (Fsp3) is 0.450. The first-order valence-corrected chi connectivity index (χ1v) is 8.78. The number of carbonyl (C=O) groups excluding carboxylic acids is 3. The van der Waals surface area contributed by atoms with Crippen LogP contribution in [-0.4, -0.2) is 43.1 Å². The SMILES string of the molecule is COc1ccccc1C1=COC2CC(OC(C)=O)CC(OC(C)=O)C2C1=O. The van der Waals surface area contributed by atoms with Gasteiger partial charge < -0.3 is 18.9 Å². The number of carbonyl (C=O) groups is 3. The lowest BCUT2D eigenvalue weighted by atomic mass is 9.75. The Kier molecular flexibility index (Phi) is 5.48. The molecule has 7 nitrogen and oxygen atoms in total. The summed E-state index contributed by atoms with van der Waals surface area (Å²) in [5.74, 6) is -1.21. The van der Waals surface area contributed by atoms with Gasteiger partial charge in [0.25, 0.3) is 0 Å². The molecule has 1 aliphatic heterocycles. The van der Waals surface area contributed by atoms with E-state index in [0.29, 0.717) is 23.3 Å². The third kappa shape index (κ3) is 3.97. The lowest BCUT2D eigenvalue weighted by Gasteiger charge is -2.41. The van der Waals surface area contributed by atoms with Gasteiger partial charge in [0.05, 0.1) is 24.9 Å². The van der Waals surface area contributed by atoms with Crippen LogP contribution in [0.2, 0.25) is 0 Å². The smallest absolute Gasteiger partial charge is 0.302 e. The standard InChI is InChI=1S/C20H22O7/c1-11(21)26-13-8-17-19(18(9-13)27-12(2)22)20(23)15(10-25-17)14-6-4-5-7-16(14)24-3/h4-7,10,13,17-19H,8-9H2,1-3H3. The summed E-state index contributed by atoms with van der Waals surface area (Å²) in [7, 11) is 1.53. The maximum atomic E-state index is 13.2. The van der Waals surface area contributed by atoms with E-state index in [1.807, 2.05) is 6.07 Å². The second-order valence-corrected chi connectivity index (χ2v) is 6.65. The normalized spacial score (nSPS) is 26.9. The Bertz CT molecular complexity index is 782. The molecule has 0 aromatic heterocycles. The summed E-state index contributed by atoms with van der Waals surface area (Å²) < 4.78 is 21.8. The van der Waals surface area contributed by atoms with Gasteiger partial charge >= 0.3 is 11.9 Å². The van der Waals surface area contributed by atoms with Crippen molar-refractivity contribution in [1.29, 1.82) is 0 Å². The molecule has 144 valence electrons. The van der Waals surface area contributed by atoms with Gasteiger partial charge in [0.1, 0.15) is 24.1 Å². The van der Waals surface area contributed by atoms with E-state index in [-0.39, 0.29) is 12.2 Å². The summed E-state index contributed by atoms with van der Waals surface area (Å²) in [6.07, 6.45) is 0.317. The molecule has 1 saturated carbocycles. The molecule has 7 heteroatoms. The van der Waals surface area contributed by atoms with Gasteiger partial charge in [-0.3, -0.25) is 14.4 Å². The van der Waals surface area contributed by atoms with Crippen LogP contribution >= 0.6 is 0 Å². The average Bonchev–Trinajstić information content (AvgIpc) is 2.60. The fourth-order valence-corrected chi connectivity index (χ4v) is 3.75. The van der Waals surface area contributed by atoms with E-state index in [1.165, 1.54) is 27.2 Å². The Hall–Kier alpha value is -2.83. The number of para-hydroxylation sites is 1. The van der Waals surface area contributed by atoms with Crippen LogP contribution in [0.5, 0.6) is 5.75 Å². The number of benzene rings is 1. The molecule has 0 saturated heterocycles. The zero-order valence-electron chi connectivity index (χ0n) is 15.5. The second kappa shape index (κ2) is 7.82. The number of ketones is 1. The monoisotopic (exact) mass is 374 g/mol. The van der Waals surface area contributed by atoms with Crippen molar-refractivity contribution < 1.29 is 33.3 Å². The summed E-state index contributed by atoms with van der Waals surface area (Å²) >= 11 is 0. The van der Waals surface area contributed by atoms with E-state index in [1.54, 1.807) is 18.2 Å². The molecular weight excluding hydrogens is 352 g/mol. The lowest BCUT2D eigenvalue weighted by Crippen LogP contribution is -2.51. The number of allylic oxidation sites excluding steroid dienone is 1. The van der Waals surface area contributed by atoms with Crippen molar-refractivity contribution >= 4 is 23.3 Å². The Morgan fingerprint density at radius 1 is 1.07 bits per heavy atom. The third-order valence-electron chi connectivity index (χ3n) is 4.77. The molecule has 0 amide bonds. The van der Waals surface area contributed by atoms with Gasteiger partial charge in [0, 0.05) is 32.3 Å². The van der Waals surface area contributed by atoms with E-state index in [9.17, 15) is 14.4 Å². The number of rotatable bonds is 4. The molecule has 4 unspecified atom stereocenters. The highest BCUT2D eigenvalue weighted by Gasteiger charge is 2.49.